The Bertz CT molecular complexity index is 478. The number of aliphatic carboxylic acids is 1. The lowest BCUT2D eigenvalue weighted by Crippen LogP contribution is -2.57. The number of carboxylic acids is 1. The van der Waals surface area contributed by atoms with Crippen molar-refractivity contribution < 1.29 is 24.2 Å². The molecule has 0 bridgehead atoms. The highest BCUT2D eigenvalue weighted by Gasteiger charge is 2.52. The van der Waals surface area contributed by atoms with E-state index in [9.17, 15) is 19.5 Å². The second-order valence-electron chi connectivity index (χ2n) is 6.51. The Hall–Kier alpha value is -1.63. The quantitative estimate of drug-likeness (QED) is 0.748. The third-order valence-corrected chi connectivity index (χ3v) is 5.28. The largest absolute Gasteiger partial charge is 0.481 e. The van der Waals surface area contributed by atoms with Crippen LogP contribution in [0.5, 0.6) is 0 Å². The van der Waals surface area contributed by atoms with Crippen LogP contribution in [0.3, 0.4) is 0 Å². The van der Waals surface area contributed by atoms with Crippen LogP contribution in [0.2, 0.25) is 0 Å². The molecule has 3 fully saturated rings. The van der Waals surface area contributed by atoms with Gasteiger partial charge in [-0.25, -0.2) is 0 Å². The summed E-state index contributed by atoms with van der Waals surface area (Å²) >= 11 is 0. The molecular formula is C15H22N2O5. The molecule has 7 heteroatoms. The zero-order valence-corrected chi connectivity index (χ0v) is 12.5. The Labute approximate surface area is 129 Å². The van der Waals surface area contributed by atoms with Crippen LogP contribution in [-0.4, -0.2) is 59.6 Å². The lowest BCUT2D eigenvalue weighted by Gasteiger charge is -2.42. The average molecular weight is 310 g/mol. The number of amides is 2. The van der Waals surface area contributed by atoms with Crippen molar-refractivity contribution in [1.29, 1.82) is 0 Å². The number of carboxylic acid groups (broad SMARTS) is 1. The number of carbonyl (C=O) groups is 3. The van der Waals surface area contributed by atoms with Crippen molar-refractivity contribution in [3.8, 4) is 0 Å². The number of hydrogen-bond donors (Lipinski definition) is 2. The minimum absolute atomic E-state index is 0.0243. The standard InChI is InChI=1S/C15H22N2O5/c18-12-9-11(14(20)21)15(16-12)3-5-17(6-4-15)13(19)10-1-7-22-8-2-10/h10-11H,1-9H2,(H,16,18)(H,20,21)/t11-/m0/s1. The van der Waals surface area contributed by atoms with Crippen LogP contribution in [0.4, 0.5) is 0 Å². The van der Waals surface area contributed by atoms with E-state index >= 15 is 0 Å². The van der Waals surface area contributed by atoms with Crippen molar-refractivity contribution in [3.63, 3.8) is 0 Å². The highest BCUT2D eigenvalue weighted by molar-refractivity contribution is 5.88. The molecule has 0 aliphatic carbocycles. The van der Waals surface area contributed by atoms with E-state index < -0.39 is 17.4 Å². The molecule has 0 aromatic carbocycles. The molecule has 1 spiro atoms. The second-order valence-corrected chi connectivity index (χ2v) is 6.51. The van der Waals surface area contributed by atoms with Gasteiger partial charge in [0.1, 0.15) is 0 Å². The fourth-order valence-electron chi connectivity index (χ4n) is 3.92. The first-order valence-electron chi connectivity index (χ1n) is 7.92. The number of nitrogens with zero attached hydrogens (tertiary/aromatic N) is 1. The van der Waals surface area contributed by atoms with Crippen molar-refractivity contribution in [2.45, 2.75) is 37.6 Å². The maximum absolute atomic E-state index is 12.5. The second kappa shape index (κ2) is 5.87. The van der Waals surface area contributed by atoms with Gasteiger partial charge in [-0.05, 0) is 25.7 Å². The van der Waals surface area contributed by atoms with E-state index in [1.54, 1.807) is 0 Å². The number of rotatable bonds is 2. The van der Waals surface area contributed by atoms with Gasteiger partial charge >= 0.3 is 5.97 Å². The molecule has 1 atom stereocenters. The summed E-state index contributed by atoms with van der Waals surface area (Å²) in [5, 5.41) is 12.2. The van der Waals surface area contributed by atoms with Crippen molar-refractivity contribution in [1.82, 2.24) is 10.2 Å². The minimum atomic E-state index is -0.928. The van der Waals surface area contributed by atoms with Crippen molar-refractivity contribution >= 4 is 17.8 Å². The predicted octanol–water partition coefficient (Wildman–Crippen LogP) is -0.00510. The predicted molar refractivity (Wildman–Crippen MR) is 76.0 cm³/mol. The summed E-state index contributed by atoms with van der Waals surface area (Å²) in [6.07, 6.45) is 2.60. The Morgan fingerprint density at radius 1 is 1.23 bits per heavy atom. The molecule has 2 N–H and O–H groups in total. The van der Waals surface area contributed by atoms with E-state index in [0.717, 1.165) is 12.8 Å². The van der Waals surface area contributed by atoms with Crippen LogP contribution >= 0.6 is 0 Å². The Balaban J connectivity index is 1.63. The van der Waals surface area contributed by atoms with Crippen LogP contribution in [0.15, 0.2) is 0 Å². The minimum Gasteiger partial charge on any atom is -0.481 e. The summed E-state index contributed by atoms with van der Waals surface area (Å²) in [7, 11) is 0. The summed E-state index contributed by atoms with van der Waals surface area (Å²) in [5.41, 5.74) is -0.671. The third kappa shape index (κ3) is 2.69. The number of hydrogen-bond acceptors (Lipinski definition) is 4. The fraction of sp³-hybridized carbons (Fsp3) is 0.800. The first-order valence-corrected chi connectivity index (χ1v) is 7.92. The molecule has 3 saturated heterocycles. The Morgan fingerprint density at radius 2 is 1.86 bits per heavy atom. The average Bonchev–Trinajstić information content (AvgIpc) is 2.85. The Morgan fingerprint density at radius 3 is 2.45 bits per heavy atom. The van der Waals surface area contributed by atoms with E-state index in [1.165, 1.54) is 0 Å². The van der Waals surface area contributed by atoms with E-state index in [-0.39, 0.29) is 24.2 Å². The summed E-state index contributed by atoms with van der Waals surface area (Å²) in [6, 6.07) is 0. The van der Waals surface area contributed by atoms with Gasteiger partial charge in [-0.2, -0.15) is 0 Å². The lowest BCUT2D eigenvalue weighted by molar-refractivity contribution is -0.146. The van der Waals surface area contributed by atoms with Crippen LogP contribution in [-0.2, 0) is 19.1 Å². The Kier molecular flexibility index (Phi) is 4.08. The van der Waals surface area contributed by atoms with Crippen molar-refractivity contribution in [3.05, 3.63) is 0 Å². The molecule has 0 unspecified atom stereocenters. The third-order valence-electron chi connectivity index (χ3n) is 5.28. The molecule has 3 heterocycles. The van der Waals surface area contributed by atoms with Gasteiger partial charge in [0, 0.05) is 38.6 Å². The molecule has 7 nitrogen and oxygen atoms in total. The van der Waals surface area contributed by atoms with Crippen LogP contribution < -0.4 is 5.32 Å². The van der Waals surface area contributed by atoms with Crippen LogP contribution in [0.25, 0.3) is 0 Å². The van der Waals surface area contributed by atoms with E-state index in [4.69, 9.17) is 4.74 Å². The molecule has 3 aliphatic rings. The van der Waals surface area contributed by atoms with Gasteiger partial charge in [0.25, 0.3) is 0 Å². The highest BCUT2D eigenvalue weighted by atomic mass is 16.5. The molecule has 0 aromatic rings. The zero-order valence-electron chi connectivity index (χ0n) is 12.5. The van der Waals surface area contributed by atoms with E-state index in [2.05, 4.69) is 5.32 Å². The molecule has 3 aliphatic heterocycles. The molecule has 22 heavy (non-hydrogen) atoms. The summed E-state index contributed by atoms with van der Waals surface area (Å²) in [5.74, 6) is -1.63. The molecule has 0 saturated carbocycles. The molecule has 122 valence electrons. The number of nitrogens with one attached hydrogen (secondary N) is 1. The SMILES string of the molecule is O=C1C[C@@H](C(=O)O)C2(CCN(C(=O)C3CCOCC3)CC2)N1. The van der Waals surface area contributed by atoms with Crippen molar-refractivity contribution in [2.24, 2.45) is 11.8 Å². The number of piperidine rings is 1. The first-order chi connectivity index (χ1) is 10.5. The monoisotopic (exact) mass is 310 g/mol. The first kappa shape index (κ1) is 15.3. The molecule has 0 aromatic heterocycles. The van der Waals surface area contributed by atoms with Gasteiger partial charge in [0.2, 0.25) is 11.8 Å². The van der Waals surface area contributed by atoms with E-state index in [1.807, 2.05) is 4.90 Å². The maximum atomic E-state index is 12.5. The number of likely N-dealkylation sites (tertiary alicyclic amines) is 1. The van der Waals surface area contributed by atoms with Gasteiger partial charge in [0.05, 0.1) is 11.5 Å². The topological polar surface area (TPSA) is 95.9 Å². The van der Waals surface area contributed by atoms with Gasteiger partial charge in [-0.15, -0.1) is 0 Å². The van der Waals surface area contributed by atoms with Crippen molar-refractivity contribution in [2.75, 3.05) is 26.3 Å². The smallest absolute Gasteiger partial charge is 0.309 e. The molecule has 2 amide bonds. The summed E-state index contributed by atoms with van der Waals surface area (Å²) in [4.78, 5) is 37.3. The van der Waals surface area contributed by atoms with Gasteiger partial charge in [0.15, 0.2) is 0 Å². The lowest BCUT2D eigenvalue weighted by atomic mass is 9.77. The molecule has 3 rings (SSSR count). The van der Waals surface area contributed by atoms with Crippen LogP contribution in [0.1, 0.15) is 32.1 Å². The molecule has 0 radical (unpaired) electrons. The van der Waals surface area contributed by atoms with E-state index in [0.29, 0.717) is 39.1 Å². The summed E-state index contributed by atoms with van der Waals surface area (Å²) < 4.78 is 5.28. The summed E-state index contributed by atoms with van der Waals surface area (Å²) in [6.45, 7) is 2.29. The number of carbonyl (C=O) groups excluding carboxylic acids is 2. The number of ether oxygens (including phenoxy) is 1. The van der Waals surface area contributed by atoms with Crippen LogP contribution in [0, 0.1) is 11.8 Å². The van der Waals surface area contributed by atoms with Gasteiger partial charge < -0.3 is 20.1 Å². The zero-order chi connectivity index (χ0) is 15.7. The molecular weight excluding hydrogens is 288 g/mol. The maximum Gasteiger partial charge on any atom is 0.309 e. The fourth-order valence-corrected chi connectivity index (χ4v) is 3.92. The highest BCUT2D eigenvalue weighted by Crippen LogP contribution is 2.37. The van der Waals surface area contributed by atoms with Gasteiger partial charge in [-0.1, -0.05) is 0 Å². The normalized spacial score (nSPS) is 28.6. The van der Waals surface area contributed by atoms with Gasteiger partial charge in [-0.3, -0.25) is 14.4 Å².